The van der Waals surface area contributed by atoms with Crippen LogP contribution in [-0.2, 0) is 20.9 Å². The fourth-order valence-corrected chi connectivity index (χ4v) is 26.5. The van der Waals surface area contributed by atoms with E-state index in [0.29, 0.717) is 0 Å². The summed E-state index contributed by atoms with van der Waals surface area (Å²) in [6.45, 7) is 0. The zero-order chi connectivity index (χ0) is 16.2. The van der Waals surface area contributed by atoms with Crippen molar-refractivity contribution < 1.29 is 20.9 Å². The molecule has 0 bridgehead atoms. The molecule has 0 spiro atoms. The van der Waals surface area contributed by atoms with Gasteiger partial charge in [0.1, 0.15) is 0 Å². The van der Waals surface area contributed by atoms with Crippen LogP contribution in [-0.4, -0.2) is 5.92 Å². The Morgan fingerprint density at radius 3 is 1.46 bits per heavy atom. The van der Waals surface area contributed by atoms with Crippen LogP contribution in [0.1, 0.15) is 12.8 Å². The Morgan fingerprint density at radius 1 is 0.625 bits per heavy atom. The van der Waals surface area contributed by atoms with Gasteiger partial charge in [0.15, 0.2) is 0 Å². The van der Waals surface area contributed by atoms with Crippen LogP contribution in [0.25, 0.3) is 0 Å². The van der Waals surface area contributed by atoms with Gasteiger partial charge in [0.05, 0.1) is 0 Å². The van der Waals surface area contributed by atoms with Gasteiger partial charge in [-0.3, -0.25) is 0 Å². The van der Waals surface area contributed by atoms with Crippen LogP contribution in [0.3, 0.4) is 0 Å². The third kappa shape index (κ3) is 3.31. The normalized spacial score (nSPS) is 15.7. The first-order chi connectivity index (χ1) is 11.9. The van der Waals surface area contributed by atoms with E-state index in [-0.39, 0.29) is 0 Å². The standard InChI is InChI=1S/C12H11Si.2C5H5.Zr/c1-3-7-11(8-4-1)13-12-9-5-2-6-10-12;2*1-2-4-5-3-1;/h1-10,13H;2*1-3H,4H2;. The topological polar surface area (TPSA) is 0 Å². The van der Waals surface area contributed by atoms with Crippen LogP contribution in [0.2, 0.25) is 0 Å². The number of allylic oxidation sites excluding steroid dienone is 8. The van der Waals surface area contributed by atoms with E-state index in [0.717, 1.165) is 0 Å². The third-order valence-corrected chi connectivity index (χ3v) is 26.3. The molecule has 0 saturated carbocycles. The van der Waals surface area contributed by atoms with E-state index in [2.05, 4.69) is 97.1 Å². The molecule has 0 aliphatic heterocycles. The SMILES string of the molecule is C1=CC[C]([Zr]([C]2=CC=CC2)[SiH](c2ccccc2)c2ccccc2)=C1. The first kappa shape index (κ1) is 16.0. The molecule has 0 amide bonds. The van der Waals surface area contributed by atoms with Crippen molar-refractivity contribution >= 4 is 16.3 Å². The van der Waals surface area contributed by atoms with E-state index in [4.69, 9.17) is 0 Å². The average Bonchev–Trinajstić information content (AvgIpc) is 3.35. The third-order valence-electron chi connectivity index (χ3n) is 4.79. The molecular formula is C22H21SiZr. The van der Waals surface area contributed by atoms with Gasteiger partial charge in [-0.2, -0.15) is 0 Å². The van der Waals surface area contributed by atoms with Crippen molar-refractivity contribution in [1.29, 1.82) is 0 Å². The Labute approximate surface area is 153 Å². The summed E-state index contributed by atoms with van der Waals surface area (Å²) in [5, 5.41) is 3.25. The minimum atomic E-state index is -1.89. The maximum atomic E-state index is 2.44. The van der Waals surface area contributed by atoms with Gasteiger partial charge in [-0.15, -0.1) is 0 Å². The second-order valence-corrected chi connectivity index (χ2v) is 21.4. The van der Waals surface area contributed by atoms with Gasteiger partial charge >= 0.3 is 154 Å². The number of rotatable bonds is 5. The molecule has 0 radical (unpaired) electrons. The predicted octanol–water partition coefficient (Wildman–Crippen LogP) is 3.83. The van der Waals surface area contributed by atoms with Crippen molar-refractivity contribution in [2.24, 2.45) is 0 Å². The Balaban J connectivity index is 1.83. The second-order valence-electron chi connectivity index (χ2n) is 6.32. The van der Waals surface area contributed by atoms with Gasteiger partial charge in [-0.1, -0.05) is 0 Å². The zero-order valence-corrected chi connectivity index (χ0v) is 17.3. The average molecular weight is 405 g/mol. The number of benzene rings is 2. The van der Waals surface area contributed by atoms with Gasteiger partial charge in [0.25, 0.3) is 0 Å². The van der Waals surface area contributed by atoms with E-state index in [9.17, 15) is 0 Å². The molecule has 0 atom stereocenters. The van der Waals surface area contributed by atoms with Gasteiger partial charge < -0.3 is 0 Å². The monoisotopic (exact) mass is 403 g/mol. The van der Waals surface area contributed by atoms with Crippen molar-refractivity contribution in [3.63, 3.8) is 0 Å². The summed E-state index contributed by atoms with van der Waals surface area (Å²) in [6.07, 6.45) is 16.5. The van der Waals surface area contributed by atoms with E-state index in [1.54, 1.807) is 16.9 Å². The van der Waals surface area contributed by atoms with E-state index >= 15 is 0 Å². The van der Waals surface area contributed by atoms with Crippen molar-refractivity contribution in [1.82, 2.24) is 0 Å². The Bertz CT molecular complexity index is 746. The molecule has 4 rings (SSSR count). The second kappa shape index (κ2) is 7.59. The van der Waals surface area contributed by atoms with Crippen molar-refractivity contribution in [3.05, 3.63) is 104 Å². The molecule has 0 unspecified atom stereocenters. The molecule has 2 aromatic carbocycles. The molecule has 0 nitrogen and oxygen atoms in total. The molecule has 0 heterocycles. The molecular weight excluding hydrogens is 384 g/mol. The molecule has 2 heteroatoms. The van der Waals surface area contributed by atoms with Crippen molar-refractivity contribution in [2.45, 2.75) is 12.8 Å². The summed E-state index contributed by atoms with van der Waals surface area (Å²) >= 11 is -1.89. The summed E-state index contributed by atoms with van der Waals surface area (Å²) in [6, 6.07) is 22.7. The summed E-state index contributed by atoms with van der Waals surface area (Å²) in [5.41, 5.74) is 0. The summed E-state index contributed by atoms with van der Waals surface area (Å²) in [4.78, 5) is 0. The van der Waals surface area contributed by atoms with E-state index in [1.807, 2.05) is 0 Å². The summed E-state index contributed by atoms with van der Waals surface area (Å²) < 4.78 is 3.58. The quantitative estimate of drug-likeness (QED) is 0.665. The molecule has 2 aliphatic carbocycles. The van der Waals surface area contributed by atoms with Gasteiger partial charge in [-0.25, -0.2) is 0 Å². The molecule has 2 aromatic rings. The van der Waals surface area contributed by atoms with Crippen LogP contribution < -0.4 is 10.4 Å². The fourth-order valence-electron chi connectivity index (χ4n) is 3.69. The molecule has 0 saturated heterocycles. The van der Waals surface area contributed by atoms with Crippen LogP contribution >= 0.6 is 0 Å². The van der Waals surface area contributed by atoms with Crippen molar-refractivity contribution in [3.8, 4) is 0 Å². The minimum absolute atomic E-state index is 1.19. The molecule has 0 N–H and O–H groups in total. The van der Waals surface area contributed by atoms with Crippen LogP contribution in [0, 0.1) is 0 Å². The summed E-state index contributed by atoms with van der Waals surface area (Å²) in [5.74, 6) is -1.19. The van der Waals surface area contributed by atoms with Crippen LogP contribution in [0.5, 0.6) is 0 Å². The van der Waals surface area contributed by atoms with Crippen molar-refractivity contribution in [2.75, 3.05) is 0 Å². The van der Waals surface area contributed by atoms with Gasteiger partial charge in [-0.05, 0) is 0 Å². The van der Waals surface area contributed by atoms with Crippen LogP contribution in [0.4, 0.5) is 0 Å². The van der Waals surface area contributed by atoms with Gasteiger partial charge in [0.2, 0.25) is 0 Å². The first-order valence-corrected chi connectivity index (χ1v) is 17.1. The molecule has 2 aliphatic rings. The molecule has 0 aromatic heterocycles. The molecule has 24 heavy (non-hydrogen) atoms. The van der Waals surface area contributed by atoms with E-state index < -0.39 is 26.8 Å². The van der Waals surface area contributed by atoms with E-state index in [1.165, 1.54) is 12.8 Å². The maximum absolute atomic E-state index is 2.44. The van der Waals surface area contributed by atoms with Crippen LogP contribution in [0.15, 0.2) is 104 Å². The Kier molecular flexibility index (Phi) is 5.06. The molecule has 117 valence electrons. The first-order valence-electron chi connectivity index (χ1n) is 8.62. The Morgan fingerprint density at radius 2 is 1.08 bits per heavy atom. The predicted molar refractivity (Wildman–Crippen MR) is 103 cm³/mol. The zero-order valence-electron chi connectivity index (χ0n) is 13.7. The van der Waals surface area contributed by atoms with Gasteiger partial charge in [0, 0.05) is 0 Å². The Hall–Kier alpha value is -1.50. The number of hydrogen-bond acceptors (Lipinski definition) is 0. The fraction of sp³-hybridized carbons (Fsp3) is 0.0909. The summed E-state index contributed by atoms with van der Waals surface area (Å²) in [7, 11) is 0. The number of hydrogen-bond donors (Lipinski definition) is 0. The molecule has 0 fully saturated rings.